The third-order valence-electron chi connectivity index (χ3n) is 3.48. The van der Waals surface area contributed by atoms with Crippen LogP contribution in [0, 0.1) is 13.8 Å². The van der Waals surface area contributed by atoms with Gasteiger partial charge in [-0.1, -0.05) is 12.1 Å². The van der Waals surface area contributed by atoms with E-state index in [0.717, 1.165) is 24.2 Å². The molecule has 1 aromatic rings. The molecule has 0 aromatic heterocycles. The molecule has 0 aliphatic carbocycles. The average Bonchev–Trinajstić information content (AvgIpc) is 2.80. The number of carbonyl (C=O) groups excluding carboxylic acids is 1. The van der Waals surface area contributed by atoms with Gasteiger partial charge in [-0.25, -0.2) is 0 Å². The maximum absolute atomic E-state index is 11.5. The smallest absolute Gasteiger partial charge is 0.222 e. The fourth-order valence-corrected chi connectivity index (χ4v) is 2.49. The first-order chi connectivity index (χ1) is 9.56. The van der Waals surface area contributed by atoms with Crippen LogP contribution < -0.4 is 10.6 Å². The Bertz CT molecular complexity index is 516. The van der Waals surface area contributed by atoms with Gasteiger partial charge in [-0.2, -0.15) is 0 Å². The van der Waals surface area contributed by atoms with E-state index in [1.165, 1.54) is 5.56 Å². The molecule has 2 N–H and O–H groups in total. The molecule has 2 rings (SSSR count). The topological polar surface area (TPSA) is 44.4 Å². The molecule has 0 spiro atoms. The number of likely N-dealkylation sites (tertiary alicyclic amines) is 1. The van der Waals surface area contributed by atoms with Crippen LogP contribution in [0.2, 0.25) is 0 Å². The number of thiocarbonyl (C=S) groups is 1. The van der Waals surface area contributed by atoms with E-state index in [1.54, 1.807) is 0 Å². The van der Waals surface area contributed by atoms with Crippen molar-refractivity contribution >= 4 is 28.9 Å². The predicted octanol–water partition coefficient (Wildman–Crippen LogP) is 2.21. The van der Waals surface area contributed by atoms with Crippen molar-refractivity contribution < 1.29 is 4.79 Å². The summed E-state index contributed by atoms with van der Waals surface area (Å²) in [5.74, 6) is 0.250. The number of hydrogen-bond acceptors (Lipinski definition) is 2. The minimum atomic E-state index is 0.250. The maximum Gasteiger partial charge on any atom is 0.222 e. The Morgan fingerprint density at radius 1 is 1.40 bits per heavy atom. The molecule has 1 heterocycles. The molecule has 0 radical (unpaired) electrons. The zero-order valence-corrected chi connectivity index (χ0v) is 12.8. The Morgan fingerprint density at radius 3 is 2.90 bits per heavy atom. The molecule has 0 unspecified atom stereocenters. The van der Waals surface area contributed by atoms with Crippen LogP contribution in [0.25, 0.3) is 0 Å². The highest BCUT2D eigenvalue weighted by Gasteiger charge is 2.19. The standard InChI is InChI=1S/C15H21N3OS/c1-11-5-6-12(2)13(10-11)17-15(20)16-7-9-18-8-3-4-14(18)19/h5-6,10H,3-4,7-9H2,1-2H3,(H2,16,17,20). The van der Waals surface area contributed by atoms with E-state index in [9.17, 15) is 4.79 Å². The zero-order valence-electron chi connectivity index (χ0n) is 12.0. The molecular formula is C15H21N3OS. The zero-order chi connectivity index (χ0) is 14.5. The fourth-order valence-electron chi connectivity index (χ4n) is 2.28. The van der Waals surface area contributed by atoms with Crippen molar-refractivity contribution in [2.24, 2.45) is 0 Å². The Labute approximate surface area is 125 Å². The number of aryl methyl sites for hydroxylation is 2. The van der Waals surface area contributed by atoms with Crippen LogP contribution >= 0.6 is 12.2 Å². The number of amides is 1. The number of anilines is 1. The molecule has 1 fully saturated rings. The molecule has 1 amide bonds. The number of rotatable bonds is 4. The molecule has 1 saturated heterocycles. The molecule has 0 atom stereocenters. The van der Waals surface area contributed by atoms with Crippen LogP contribution in [0.4, 0.5) is 5.69 Å². The summed E-state index contributed by atoms with van der Waals surface area (Å²) in [5, 5.41) is 6.96. The highest BCUT2D eigenvalue weighted by atomic mass is 32.1. The third kappa shape index (κ3) is 3.93. The SMILES string of the molecule is Cc1ccc(C)c(NC(=S)NCCN2CCCC2=O)c1. The first kappa shape index (κ1) is 14.8. The van der Waals surface area contributed by atoms with Gasteiger partial charge in [-0.15, -0.1) is 0 Å². The molecule has 5 heteroatoms. The number of nitrogens with one attached hydrogen (secondary N) is 2. The number of benzene rings is 1. The molecule has 1 aliphatic heterocycles. The molecule has 108 valence electrons. The summed E-state index contributed by atoms with van der Waals surface area (Å²) in [7, 11) is 0. The van der Waals surface area contributed by atoms with Crippen molar-refractivity contribution in [2.75, 3.05) is 25.0 Å². The second kappa shape index (κ2) is 6.70. The van der Waals surface area contributed by atoms with Gasteiger partial charge in [0.05, 0.1) is 0 Å². The molecule has 20 heavy (non-hydrogen) atoms. The lowest BCUT2D eigenvalue weighted by Crippen LogP contribution is -2.37. The lowest BCUT2D eigenvalue weighted by atomic mass is 10.1. The second-order valence-electron chi connectivity index (χ2n) is 5.18. The van der Waals surface area contributed by atoms with Crippen molar-refractivity contribution in [1.29, 1.82) is 0 Å². The summed E-state index contributed by atoms with van der Waals surface area (Å²) in [5.41, 5.74) is 3.39. The fraction of sp³-hybridized carbons (Fsp3) is 0.467. The van der Waals surface area contributed by atoms with Crippen molar-refractivity contribution in [2.45, 2.75) is 26.7 Å². The Morgan fingerprint density at radius 2 is 2.20 bits per heavy atom. The molecular weight excluding hydrogens is 270 g/mol. The van der Waals surface area contributed by atoms with E-state index in [-0.39, 0.29) is 5.91 Å². The van der Waals surface area contributed by atoms with Crippen molar-refractivity contribution in [3.63, 3.8) is 0 Å². The van der Waals surface area contributed by atoms with Gasteiger partial charge in [-0.3, -0.25) is 4.79 Å². The van der Waals surface area contributed by atoms with E-state index in [4.69, 9.17) is 12.2 Å². The van der Waals surface area contributed by atoms with Gasteiger partial charge in [0.25, 0.3) is 0 Å². The lowest BCUT2D eigenvalue weighted by Gasteiger charge is -2.17. The minimum absolute atomic E-state index is 0.250. The molecule has 1 aromatic carbocycles. The highest BCUT2D eigenvalue weighted by molar-refractivity contribution is 7.80. The van der Waals surface area contributed by atoms with E-state index in [1.807, 2.05) is 11.8 Å². The van der Waals surface area contributed by atoms with Gasteiger partial charge in [0.2, 0.25) is 5.91 Å². The van der Waals surface area contributed by atoms with Crippen LogP contribution in [0.3, 0.4) is 0 Å². The number of nitrogens with zero attached hydrogens (tertiary/aromatic N) is 1. The summed E-state index contributed by atoms with van der Waals surface area (Å²) >= 11 is 5.28. The van der Waals surface area contributed by atoms with Crippen molar-refractivity contribution in [3.8, 4) is 0 Å². The third-order valence-corrected chi connectivity index (χ3v) is 3.73. The number of carbonyl (C=O) groups is 1. The number of hydrogen-bond donors (Lipinski definition) is 2. The predicted molar refractivity (Wildman–Crippen MR) is 86.0 cm³/mol. The van der Waals surface area contributed by atoms with E-state index in [0.29, 0.717) is 24.6 Å². The van der Waals surface area contributed by atoms with Crippen LogP contribution in [0.5, 0.6) is 0 Å². The molecule has 1 aliphatic rings. The summed E-state index contributed by atoms with van der Waals surface area (Å²) in [6.07, 6.45) is 1.66. The summed E-state index contributed by atoms with van der Waals surface area (Å²) in [4.78, 5) is 13.4. The summed E-state index contributed by atoms with van der Waals surface area (Å²) in [6.45, 7) is 6.38. The Kier molecular flexibility index (Phi) is 4.95. The van der Waals surface area contributed by atoms with Gasteiger partial charge in [0.15, 0.2) is 5.11 Å². The summed E-state index contributed by atoms with van der Waals surface area (Å²) in [6, 6.07) is 6.23. The van der Waals surface area contributed by atoms with E-state index in [2.05, 4.69) is 35.8 Å². The van der Waals surface area contributed by atoms with Crippen LogP contribution in [0.15, 0.2) is 18.2 Å². The van der Waals surface area contributed by atoms with Gasteiger partial charge < -0.3 is 15.5 Å². The largest absolute Gasteiger partial charge is 0.361 e. The van der Waals surface area contributed by atoms with Crippen LogP contribution in [-0.4, -0.2) is 35.6 Å². The first-order valence-electron chi connectivity index (χ1n) is 6.96. The van der Waals surface area contributed by atoms with Gasteiger partial charge in [0.1, 0.15) is 0 Å². The van der Waals surface area contributed by atoms with Crippen LogP contribution in [-0.2, 0) is 4.79 Å². The van der Waals surface area contributed by atoms with Crippen LogP contribution in [0.1, 0.15) is 24.0 Å². The van der Waals surface area contributed by atoms with E-state index < -0.39 is 0 Å². The van der Waals surface area contributed by atoms with Crippen molar-refractivity contribution in [1.82, 2.24) is 10.2 Å². The first-order valence-corrected chi connectivity index (χ1v) is 7.37. The monoisotopic (exact) mass is 291 g/mol. The van der Waals surface area contributed by atoms with Crippen molar-refractivity contribution in [3.05, 3.63) is 29.3 Å². The van der Waals surface area contributed by atoms with Gasteiger partial charge in [0, 0.05) is 31.7 Å². The Hall–Kier alpha value is -1.62. The van der Waals surface area contributed by atoms with Gasteiger partial charge >= 0.3 is 0 Å². The quantitative estimate of drug-likeness (QED) is 0.835. The molecule has 4 nitrogen and oxygen atoms in total. The minimum Gasteiger partial charge on any atom is -0.361 e. The summed E-state index contributed by atoms with van der Waals surface area (Å²) < 4.78 is 0. The van der Waals surface area contributed by atoms with Gasteiger partial charge in [-0.05, 0) is 49.7 Å². The Balaban J connectivity index is 1.77. The normalized spacial score (nSPS) is 14.5. The average molecular weight is 291 g/mol. The van der Waals surface area contributed by atoms with E-state index >= 15 is 0 Å². The maximum atomic E-state index is 11.5. The highest BCUT2D eigenvalue weighted by Crippen LogP contribution is 2.16. The second-order valence-corrected chi connectivity index (χ2v) is 5.59. The molecule has 0 saturated carbocycles. The lowest BCUT2D eigenvalue weighted by molar-refractivity contribution is -0.127. The molecule has 0 bridgehead atoms.